The second-order valence-corrected chi connectivity index (χ2v) is 9.84. The standard InChI is InChI=1S/C3H6ClF3O3SSi/c1-12(2,4)10-11(8,9)3(5,6)7/h1-2H3. The largest absolute Gasteiger partial charge is 0.522 e. The highest BCUT2D eigenvalue weighted by atomic mass is 35.6. The van der Waals surface area contributed by atoms with Crippen molar-refractivity contribution in [3.63, 3.8) is 0 Å². The molecule has 0 heterocycles. The van der Waals surface area contributed by atoms with Gasteiger partial charge in [0, 0.05) is 0 Å². The van der Waals surface area contributed by atoms with Crippen LogP contribution in [0.3, 0.4) is 0 Å². The van der Waals surface area contributed by atoms with Gasteiger partial charge >= 0.3 is 23.3 Å². The Hall–Kier alpha value is 0.207. The van der Waals surface area contributed by atoms with Gasteiger partial charge < -0.3 is 0 Å². The first kappa shape index (κ1) is 12.2. The summed E-state index contributed by atoms with van der Waals surface area (Å²) in [4.78, 5) is 0. The summed E-state index contributed by atoms with van der Waals surface area (Å²) in [6, 6.07) is 0. The zero-order valence-corrected chi connectivity index (χ0v) is 8.72. The molecule has 3 nitrogen and oxygen atoms in total. The van der Waals surface area contributed by atoms with Gasteiger partial charge in [-0.15, -0.1) is 11.1 Å². The molecular formula is C3H6ClF3O3SSi. The fraction of sp³-hybridized carbons (Fsp3) is 1.00. The zero-order chi connectivity index (χ0) is 10.2. The van der Waals surface area contributed by atoms with Crippen molar-refractivity contribution in [2.45, 2.75) is 18.6 Å². The molecule has 0 spiro atoms. The lowest BCUT2D eigenvalue weighted by Gasteiger charge is -2.15. The van der Waals surface area contributed by atoms with Gasteiger partial charge in [-0.25, -0.2) is 0 Å². The normalized spacial score (nSPS) is 14.8. The monoisotopic (exact) mass is 242 g/mol. The topological polar surface area (TPSA) is 43.4 Å². The van der Waals surface area contributed by atoms with E-state index in [9.17, 15) is 21.6 Å². The molecule has 9 heteroatoms. The first-order valence-corrected chi connectivity index (χ1v) is 7.99. The van der Waals surface area contributed by atoms with Crippen LogP contribution in [-0.4, -0.2) is 21.6 Å². The van der Waals surface area contributed by atoms with E-state index in [1.807, 2.05) is 0 Å². The first-order valence-electron chi connectivity index (χ1n) is 2.66. The van der Waals surface area contributed by atoms with E-state index in [4.69, 9.17) is 11.1 Å². The first-order chi connectivity index (χ1) is 4.96. The summed E-state index contributed by atoms with van der Waals surface area (Å²) in [5.74, 6) is 0. The average molecular weight is 243 g/mol. The number of hydrogen-bond acceptors (Lipinski definition) is 3. The predicted octanol–water partition coefficient (Wildman–Crippen LogP) is 1.79. The van der Waals surface area contributed by atoms with Crippen molar-refractivity contribution in [2.75, 3.05) is 0 Å². The third kappa shape index (κ3) is 3.74. The predicted molar refractivity (Wildman–Crippen MR) is 39.4 cm³/mol. The van der Waals surface area contributed by atoms with Crippen molar-refractivity contribution in [1.82, 2.24) is 0 Å². The maximum atomic E-state index is 11.6. The van der Waals surface area contributed by atoms with Crippen LogP contribution in [0.4, 0.5) is 13.2 Å². The lowest BCUT2D eigenvalue weighted by Crippen LogP contribution is -2.35. The van der Waals surface area contributed by atoms with Crippen LogP contribution in [0.25, 0.3) is 0 Å². The number of alkyl halides is 3. The Bertz CT molecular complexity index is 253. The van der Waals surface area contributed by atoms with Crippen LogP contribution >= 0.6 is 11.1 Å². The molecule has 0 bridgehead atoms. The summed E-state index contributed by atoms with van der Waals surface area (Å²) in [6.07, 6.45) is 0. The van der Waals surface area contributed by atoms with Gasteiger partial charge in [0.25, 0.3) is 0 Å². The molecule has 0 unspecified atom stereocenters. The van der Waals surface area contributed by atoms with Crippen LogP contribution < -0.4 is 0 Å². The molecule has 0 saturated heterocycles. The molecule has 74 valence electrons. The second kappa shape index (κ2) is 3.16. The Morgan fingerprint density at radius 3 is 1.75 bits per heavy atom. The van der Waals surface area contributed by atoms with Gasteiger partial charge in [0.2, 0.25) is 0 Å². The van der Waals surface area contributed by atoms with Crippen LogP contribution in [0.1, 0.15) is 0 Å². The smallest absolute Gasteiger partial charge is 0.290 e. The molecule has 0 radical (unpaired) electrons. The summed E-state index contributed by atoms with van der Waals surface area (Å²) >= 11 is 5.26. The number of rotatable bonds is 2. The molecule has 0 amide bonds. The second-order valence-electron chi connectivity index (χ2n) is 2.35. The molecule has 12 heavy (non-hydrogen) atoms. The molecule has 0 aromatic heterocycles. The highest BCUT2D eigenvalue weighted by Gasteiger charge is 2.50. The Morgan fingerprint density at radius 1 is 1.33 bits per heavy atom. The van der Waals surface area contributed by atoms with E-state index >= 15 is 0 Å². The fourth-order valence-electron chi connectivity index (χ4n) is 0.308. The molecule has 0 saturated carbocycles. The molecule has 0 N–H and O–H groups in total. The van der Waals surface area contributed by atoms with Gasteiger partial charge in [-0.2, -0.15) is 21.6 Å². The van der Waals surface area contributed by atoms with E-state index in [0.717, 1.165) is 13.1 Å². The zero-order valence-electron chi connectivity index (χ0n) is 6.14. The van der Waals surface area contributed by atoms with E-state index in [1.165, 1.54) is 0 Å². The number of hydrogen-bond donors (Lipinski definition) is 0. The molecule has 0 rings (SSSR count). The van der Waals surface area contributed by atoms with Crippen LogP contribution in [0.5, 0.6) is 0 Å². The van der Waals surface area contributed by atoms with Gasteiger partial charge in [-0.1, -0.05) is 0 Å². The van der Waals surface area contributed by atoms with Crippen LogP contribution in [0.2, 0.25) is 13.1 Å². The van der Waals surface area contributed by atoms with E-state index < -0.39 is 23.3 Å². The van der Waals surface area contributed by atoms with E-state index in [1.54, 1.807) is 0 Å². The molecule has 0 aliphatic carbocycles. The van der Waals surface area contributed by atoms with Crippen molar-refractivity contribution in [3.8, 4) is 0 Å². The minimum absolute atomic E-state index is 1.12. The minimum Gasteiger partial charge on any atom is -0.290 e. The van der Waals surface area contributed by atoms with Crippen molar-refractivity contribution in [2.24, 2.45) is 0 Å². The molecule has 0 aromatic rings. The lowest BCUT2D eigenvalue weighted by molar-refractivity contribution is -0.0502. The van der Waals surface area contributed by atoms with Gasteiger partial charge in [0.1, 0.15) is 0 Å². The summed E-state index contributed by atoms with van der Waals surface area (Å²) in [7, 11) is -8.76. The van der Waals surface area contributed by atoms with E-state index in [2.05, 4.69) is 3.87 Å². The van der Waals surface area contributed by atoms with Crippen molar-refractivity contribution >= 4 is 28.8 Å². The number of halogens is 4. The van der Waals surface area contributed by atoms with E-state index in [0.29, 0.717) is 0 Å². The van der Waals surface area contributed by atoms with Crippen LogP contribution in [-0.2, 0) is 14.0 Å². The average Bonchev–Trinajstić information content (AvgIpc) is 1.52. The molecule has 0 aliphatic heterocycles. The fourth-order valence-corrected chi connectivity index (χ4v) is 3.52. The van der Waals surface area contributed by atoms with Crippen molar-refractivity contribution < 1.29 is 25.5 Å². The highest BCUT2D eigenvalue weighted by Crippen LogP contribution is 2.28. The molecular weight excluding hydrogens is 237 g/mol. The Balaban J connectivity index is 4.70. The summed E-state index contributed by atoms with van der Waals surface area (Å²) in [6.45, 7) is 2.25. The Kier molecular flexibility index (Phi) is 3.22. The maximum absolute atomic E-state index is 11.6. The van der Waals surface area contributed by atoms with Crippen LogP contribution in [0.15, 0.2) is 0 Å². The van der Waals surface area contributed by atoms with Crippen molar-refractivity contribution in [3.05, 3.63) is 0 Å². The summed E-state index contributed by atoms with van der Waals surface area (Å²) < 4.78 is 59.1. The van der Waals surface area contributed by atoms with Gasteiger partial charge in [-0.05, 0) is 13.1 Å². The highest BCUT2D eigenvalue weighted by molar-refractivity contribution is 7.89. The van der Waals surface area contributed by atoms with E-state index in [-0.39, 0.29) is 0 Å². The third-order valence-electron chi connectivity index (χ3n) is 0.591. The van der Waals surface area contributed by atoms with Crippen LogP contribution in [0, 0.1) is 0 Å². The van der Waals surface area contributed by atoms with Crippen molar-refractivity contribution in [1.29, 1.82) is 0 Å². The summed E-state index contributed by atoms with van der Waals surface area (Å²) in [5, 5.41) is 0. The molecule has 0 fully saturated rings. The SMILES string of the molecule is C[Si](C)(Cl)OS(=O)(=O)C(F)(F)F. The Labute approximate surface area is 73.4 Å². The summed E-state index contributed by atoms with van der Waals surface area (Å²) in [5.41, 5.74) is -5.40. The molecule has 0 aromatic carbocycles. The lowest BCUT2D eigenvalue weighted by atomic mass is 11.6. The van der Waals surface area contributed by atoms with Gasteiger partial charge in [0.05, 0.1) is 0 Å². The third-order valence-corrected chi connectivity index (χ3v) is 4.19. The van der Waals surface area contributed by atoms with Gasteiger partial charge in [-0.3, -0.25) is 3.87 Å². The molecule has 0 aliphatic rings. The Morgan fingerprint density at radius 2 is 1.67 bits per heavy atom. The minimum atomic E-state index is -5.53. The maximum Gasteiger partial charge on any atom is 0.522 e. The quantitative estimate of drug-likeness (QED) is 0.421. The molecule has 0 atom stereocenters. The van der Waals surface area contributed by atoms with Gasteiger partial charge in [0.15, 0.2) is 0 Å².